The maximum Gasteiger partial charge on any atom is 0.185 e. The average Bonchev–Trinajstić information content (AvgIpc) is 2.16. The molecule has 0 aliphatic rings. The zero-order valence-electron chi connectivity index (χ0n) is 9.53. The van der Waals surface area contributed by atoms with Gasteiger partial charge in [0.1, 0.15) is 6.10 Å². The highest BCUT2D eigenvalue weighted by molar-refractivity contribution is 6.69. The Labute approximate surface area is 92.6 Å². The van der Waals surface area contributed by atoms with Crippen LogP contribution < -0.4 is 0 Å². The Balaban J connectivity index is 2.60. The van der Waals surface area contributed by atoms with Crippen LogP contribution in [0.4, 0.5) is 0 Å². The van der Waals surface area contributed by atoms with Gasteiger partial charge in [-0.3, -0.25) is 0 Å². The third-order valence-electron chi connectivity index (χ3n) is 1.90. The summed E-state index contributed by atoms with van der Waals surface area (Å²) >= 11 is 0. The van der Waals surface area contributed by atoms with E-state index in [4.69, 9.17) is 9.69 Å². The molecule has 0 bridgehead atoms. The van der Waals surface area contributed by atoms with Gasteiger partial charge in [-0.05, 0) is 25.2 Å². The van der Waals surface area contributed by atoms with Crippen LogP contribution in [0.15, 0.2) is 30.3 Å². The van der Waals surface area contributed by atoms with Crippen LogP contribution in [0.25, 0.3) is 0 Å². The van der Waals surface area contributed by atoms with Gasteiger partial charge in [0.2, 0.25) is 0 Å². The molecule has 0 radical (unpaired) electrons. The molecule has 0 amide bonds. The van der Waals surface area contributed by atoms with Crippen LogP contribution in [-0.2, 0) is 10.8 Å². The second-order valence-electron chi connectivity index (χ2n) is 4.54. The van der Waals surface area contributed by atoms with Gasteiger partial charge in [0.15, 0.2) is 8.32 Å². The molecule has 3 heteroatoms. The minimum Gasteiger partial charge on any atom is -0.402 e. The minimum atomic E-state index is -1.62. The molecule has 0 saturated carbocycles. The first-order valence-electron chi connectivity index (χ1n) is 5.12. The molecule has 0 aromatic heterocycles. The maximum atomic E-state index is 9.00. The fraction of sp³-hybridized carbons (Fsp3) is 0.417. The molecule has 1 aromatic rings. The second kappa shape index (κ2) is 5.10. The lowest BCUT2D eigenvalue weighted by Crippen LogP contribution is -2.32. The zero-order valence-corrected chi connectivity index (χ0v) is 10.5. The van der Waals surface area contributed by atoms with Crippen molar-refractivity contribution in [3.63, 3.8) is 0 Å². The van der Waals surface area contributed by atoms with Crippen molar-refractivity contribution in [3.05, 3.63) is 35.9 Å². The first kappa shape index (κ1) is 12.0. The van der Waals surface area contributed by atoms with Gasteiger partial charge in [-0.2, -0.15) is 5.26 Å². The molecule has 0 unspecified atom stereocenters. The lowest BCUT2D eigenvalue weighted by molar-refractivity contribution is 0.249. The van der Waals surface area contributed by atoms with Gasteiger partial charge in [0.05, 0.1) is 6.07 Å². The molecular weight excluding hydrogens is 202 g/mol. The SMILES string of the molecule is C[Si](C)(C)O[C@H](C#N)Cc1ccccc1. The molecule has 1 aromatic carbocycles. The Morgan fingerprint density at radius 1 is 1.27 bits per heavy atom. The van der Waals surface area contributed by atoms with E-state index in [9.17, 15) is 0 Å². The van der Waals surface area contributed by atoms with Crippen molar-refractivity contribution in [2.24, 2.45) is 0 Å². The zero-order chi connectivity index (χ0) is 11.3. The third kappa shape index (κ3) is 4.77. The molecule has 1 rings (SSSR count). The molecule has 0 spiro atoms. The molecule has 1 atom stereocenters. The molecule has 2 nitrogen and oxygen atoms in total. The summed E-state index contributed by atoms with van der Waals surface area (Å²) in [5.41, 5.74) is 1.15. The van der Waals surface area contributed by atoms with E-state index >= 15 is 0 Å². The summed E-state index contributed by atoms with van der Waals surface area (Å²) in [6.45, 7) is 6.30. The van der Waals surface area contributed by atoms with Crippen molar-refractivity contribution >= 4 is 8.32 Å². The first-order chi connectivity index (χ1) is 7.01. The quantitative estimate of drug-likeness (QED) is 0.729. The van der Waals surface area contributed by atoms with Gasteiger partial charge < -0.3 is 4.43 Å². The van der Waals surface area contributed by atoms with Crippen molar-refractivity contribution in [1.29, 1.82) is 5.26 Å². The number of hydrogen-bond donors (Lipinski definition) is 0. The predicted molar refractivity (Wildman–Crippen MR) is 64.0 cm³/mol. The molecule has 0 saturated heterocycles. The Morgan fingerprint density at radius 2 is 1.87 bits per heavy atom. The second-order valence-corrected chi connectivity index (χ2v) is 9.00. The summed E-state index contributed by atoms with van der Waals surface area (Å²) in [6, 6.07) is 12.2. The largest absolute Gasteiger partial charge is 0.402 e. The highest BCUT2D eigenvalue weighted by atomic mass is 28.4. The fourth-order valence-electron chi connectivity index (χ4n) is 1.37. The molecule has 0 heterocycles. The standard InChI is InChI=1S/C12H17NOSi/c1-15(2,3)14-12(10-13)9-11-7-5-4-6-8-11/h4-8,12H,9H2,1-3H3/t12-/m0/s1. The van der Waals surface area contributed by atoms with Gasteiger partial charge in [-0.25, -0.2) is 0 Å². The van der Waals surface area contributed by atoms with E-state index in [-0.39, 0.29) is 6.10 Å². The third-order valence-corrected chi connectivity index (χ3v) is 2.90. The Kier molecular flexibility index (Phi) is 4.07. The molecule has 0 aliphatic heterocycles. The van der Waals surface area contributed by atoms with E-state index in [1.54, 1.807) is 0 Å². The summed E-state index contributed by atoms with van der Waals surface area (Å²) in [5.74, 6) is 0. The highest BCUT2D eigenvalue weighted by Crippen LogP contribution is 2.11. The molecule has 0 fully saturated rings. The predicted octanol–water partition coefficient (Wildman–Crippen LogP) is 2.97. The van der Waals surface area contributed by atoms with Crippen LogP contribution in [0, 0.1) is 11.3 Å². The summed E-state index contributed by atoms with van der Waals surface area (Å²) in [5, 5.41) is 9.00. The first-order valence-corrected chi connectivity index (χ1v) is 8.53. The molecule has 80 valence electrons. The van der Waals surface area contributed by atoms with Gasteiger partial charge in [-0.1, -0.05) is 30.3 Å². The number of nitriles is 1. The summed E-state index contributed by atoms with van der Waals surface area (Å²) in [4.78, 5) is 0. The number of nitrogens with zero attached hydrogens (tertiary/aromatic N) is 1. The normalized spacial score (nSPS) is 13.2. The summed E-state index contributed by atoms with van der Waals surface area (Å²) in [7, 11) is -1.62. The van der Waals surface area contributed by atoms with Crippen molar-refractivity contribution in [3.8, 4) is 6.07 Å². The van der Waals surface area contributed by atoms with Crippen LogP contribution in [0.3, 0.4) is 0 Å². The van der Waals surface area contributed by atoms with Crippen molar-refractivity contribution in [1.82, 2.24) is 0 Å². The smallest absolute Gasteiger partial charge is 0.185 e. The maximum absolute atomic E-state index is 9.00. The van der Waals surface area contributed by atoms with E-state index in [1.165, 1.54) is 0 Å². The Bertz CT molecular complexity index is 337. The van der Waals surface area contributed by atoms with E-state index in [1.807, 2.05) is 30.3 Å². The van der Waals surface area contributed by atoms with E-state index < -0.39 is 8.32 Å². The van der Waals surface area contributed by atoms with E-state index in [0.29, 0.717) is 6.42 Å². The Morgan fingerprint density at radius 3 is 2.33 bits per heavy atom. The lowest BCUT2D eigenvalue weighted by atomic mass is 10.1. The van der Waals surface area contributed by atoms with Crippen LogP contribution in [-0.4, -0.2) is 14.4 Å². The van der Waals surface area contributed by atoms with Crippen LogP contribution in [0.1, 0.15) is 5.56 Å². The van der Waals surface area contributed by atoms with Crippen LogP contribution in [0.2, 0.25) is 19.6 Å². The fourth-order valence-corrected chi connectivity index (χ4v) is 2.36. The topological polar surface area (TPSA) is 33.0 Å². The molecule has 15 heavy (non-hydrogen) atoms. The van der Waals surface area contributed by atoms with Gasteiger partial charge in [-0.15, -0.1) is 0 Å². The molecule has 0 aliphatic carbocycles. The Hall–Kier alpha value is -1.11. The van der Waals surface area contributed by atoms with E-state index in [2.05, 4.69) is 25.7 Å². The number of hydrogen-bond acceptors (Lipinski definition) is 2. The van der Waals surface area contributed by atoms with Crippen LogP contribution >= 0.6 is 0 Å². The lowest BCUT2D eigenvalue weighted by Gasteiger charge is -2.21. The molecule has 0 N–H and O–H groups in total. The van der Waals surface area contributed by atoms with Gasteiger partial charge in [0.25, 0.3) is 0 Å². The van der Waals surface area contributed by atoms with Crippen LogP contribution in [0.5, 0.6) is 0 Å². The summed E-state index contributed by atoms with van der Waals surface area (Å²) in [6.07, 6.45) is 0.376. The van der Waals surface area contributed by atoms with Gasteiger partial charge in [0, 0.05) is 6.42 Å². The van der Waals surface area contributed by atoms with E-state index in [0.717, 1.165) is 5.56 Å². The molecular formula is C12H17NOSi. The monoisotopic (exact) mass is 219 g/mol. The summed E-state index contributed by atoms with van der Waals surface area (Å²) < 4.78 is 5.77. The van der Waals surface area contributed by atoms with Gasteiger partial charge >= 0.3 is 0 Å². The number of rotatable bonds is 4. The van der Waals surface area contributed by atoms with Crippen molar-refractivity contribution < 1.29 is 4.43 Å². The minimum absolute atomic E-state index is 0.306. The van der Waals surface area contributed by atoms with Crippen molar-refractivity contribution in [2.45, 2.75) is 32.2 Å². The van der Waals surface area contributed by atoms with Crippen molar-refractivity contribution in [2.75, 3.05) is 0 Å². The number of benzene rings is 1. The highest BCUT2D eigenvalue weighted by Gasteiger charge is 2.20. The average molecular weight is 219 g/mol.